The number of aromatic nitrogens is 2. The summed E-state index contributed by atoms with van der Waals surface area (Å²) in [6, 6.07) is 7.84. The van der Waals surface area contributed by atoms with Crippen LogP contribution < -0.4 is 10.6 Å². The minimum Gasteiger partial charge on any atom is -0.354 e. The van der Waals surface area contributed by atoms with Crippen LogP contribution in [0.15, 0.2) is 33.8 Å². The Morgan fingerprint density at radius 2 is 2.18 bits per heavy atom. The zero-order valence-electron chi connectivity index (χ0n) is 16.6. The molecule has 2 N–H and O–H groups in total. The molecule has 2 heterocycles. The zero-order chi connectivity index (χ0) is 19.8. The second kappa shape index (κ2) is 10.4. The Balaban J connectivity index is 1.46. The molecule has 3 rings (SSSR count). The Morgan fingerprint density at radius 3 is 2.89 bits per heavy atom. The van der Waals surface area contributed by atoms with Gasteiger partial charge in [-0.15, -0.1) is 0 Å². The zero-order valence-corrected chi connectivity index (χ0v) is 17.4. The number of guanidine groups is 1. The van der Waals surface area contributed by atoms with Gasteiger partial charge in [0.15, 0.2) is 5.96 Å². The summed E-state index contributed by atoms with van der Waals surface area (Å²) in [5, 5.41) is 11.4. The van der Waals surface area contributed by atoms with E-state index in [1.807, 2.05) is 24.3 Å². The van der Waals surface area contributed by atoms with Crippen LogP contribution in [0.5, 0.6) is 0 Å². The van der Waals surface area contributed by atoms with Gasteiger partial charge in [0.25, 0.3) is 0 Å². The maximum absolute atomic E-state index is 6.02. The van der Waals surface area contributed by atoms with E-state index >= 15 is 0 Å². The van der Waals surface area contributed by atoms with E-state index in [0.717, 1.165) is 37.5 Å². The lowest BCUT2D eigenvalue weighted by Crippen LogP contribution is -2.48. The molecule has 1 aromatic heterocycles. The highest BCUT2D eigenvalue weighted by Gasteiger charge is 2.19. The number of nitrogens with zero attached hydrogens (tertiary/aromatic N) is 4. The van der Waals surface area contributed by atoms with E-state index in [1.54, 1.807) is 7.05 Å². The Hall–Kier alpha value is -2.12. The fourth-order valence-corrected chi connectivity index (χ4v) is 3.49. The molecule has 0 unspecified atom stereocenters. The van der Waals surface area contributed by atoms with Crippen molar-refractivity contribution in [2.45, 2.75) is 45.2 Å². The van der Waals surface area contributed by atoms with Gasteiger partial charge >= 0.3 is 0 Å². The van der Waals surface area contributed by atoms with Crippen molar-refractivity contribution >= 4 is 17.6 Å². The highest BCUT2D eigenvalue weighted by molar-refractivity contribution is 6.30. The monoisotopic (exact) mass is 404 g/mol. The van der Waals surface area contributed by atoms with E-state index in [2.05, 4.69) is 37.6 Å². The second-order valence-corrected chi connectivity index (χ2v) is 7.50. The largest absolute Gasteiger partial charge is 0.354 e. The SMILES string of the molecule is CCCCN1CCC(NC(=NC)NCc2nc(-c3cccc(Cl)c3)no2)CC1. The van der Waals surface area contributed by atoms with Gasteiger partial charge in [0.1, 0.15) is 0 Å². The quantitative estimate of drug-likeness (QED) is 0.544. The predicted molar refractivity (Wildman–Crippen MR) is 112 cm³/mol. The van der Waals surface area contributed by atoms with E-state index in [9.17, 15) is 0 Å². The maximum Gasteiger partial charge on any atom is 0.246 e. The molecule has 28 heavy (non-hydrogen) atoms. The number of unbranched alkanes of at least 4 members (excludes halogenated alkanes) is 1. The van der Waals surface area contributed by atoms with Crippen LogP contribution in [-0.4, -0.2) is 53.7 Å². The average molecular weight is 405 g/mol. The lowest BCUT2D eigenvalue weighted by molar-refractivity contribution is 0.203. The van der Waals surface area contributed by atoms with Gasteiger partial charge in [-0.3, -0.25) is 4.99 Å². The Kier molecular flexibility index (Phi) is 7.68. The highest BCUT2D eigenvalue weighted by atomic mass is 35.5. The van der Waals surface area contributed by atoms with Gasteiger partial charge in [-0.05, 0) is 37.9 Å². The van der Waals surface area contributed by atoms with Gasteiger partial charge in [0, 0.05) is 36.8 Å². The number of benzene rings is 1. The topological polar surface area (TPSA) is 78.6 Å². The molecule has 1 saturated heterocycles. The fraction of sp³-hybridized carbons (Fsp3) is 0.550. The summed E-state index contributed by atoms with van der Waals surface area (Å²) in [6.45, 7) is 6.15. The molecule has 1 aliphatic rings. The summed E-state index contributed by atoms with van der Waals surface area (Å²) in [7, 11) is 1.77. The summed E-state index contributed by atoms with van der Waals surface area (Å²) in [4.78, 5) is 11.3. The Bertz CT molecular complexity index is 770. The number of hydrogen-bond donors (Lipinski definition) is 2. The van der Waals surface area contributed by atoms with Crippen LogP contribution in [0.25, 0.3) is 11.4 Å². The first-order valence-electron chi connectivity index (χ1n) is 9.96. The van der Waals surface area contributed by atoms with Gasteiger partial charge in [-0.25, -0.2) is 0 Å². The van der Waals surface area contributed by atoms with E-state index in [0.29, 0.717) is 29.3 Å². The molecule has 152 valence electrons. The first-order chi connectivity index (χ1) is 13.7. The molecule has 8 heteroatoms. The van der Waals surface area contributed by atoms with Crippen LogP contribution in [-0.2, 0) is 6.54 Å². The van der Waals surface area contributed by atoms with Crippen LogP contribution in [0.3, 0.4) is 0 Å². The third kappa shape index (κ3) is 5.94. The van der Waals surface area contributed by atoms with Crippen molar-refractivity contribution < 1.29 is 4.52 Å². The maximum atomic E-state index is 6.02. The van der Waals surface area contributed by atoms with Crippen LogP contribution in [0.2, 0.25) is 5.02 Å². The minimum atomic E-state index is 0.419. The summed E-state index contributed by atoms with van der Waals surface area (Å²) in [5.74, 6) is 1.79. The third-order valence-corrected chi connectivity index (χ3v) is 5.17. The molecule has 0 saturated carbocycles. The Labute approximate surface area is 171 Å². The number of piperidine rings is 1. The molecule has 1 aromatic carbocycles. The van der Waals surface area contributed by atoms with Gasteiger partial charge in [-0.2, -0.15) is 4.98 Å². The third-order valence-electron chi connectivity index (χ3n) is 4.94. The minimum absolute atomic E-state index is 0.419. The van der Waals surface area contributed by atoms with Crippen molar-refractivity contribution in [3.63, 3.8) is 0 Å². The summed E-state index contributed by atoms with van der Waals surface area (Å²) in [6.07, 6.45) is 4.79. The molecule has 1 aliphatic heterocycles. The van der Waals surface area contributed by atoms with Crippen molar-refractivity contribution in [1.29, 1.82) is 0 Å². The number of likely N-dealkylation sites (tertiary alicyclic amines) is 1. The number of halogens is 1. The van der Waals surface area contributed by atoms with E-state index in [4.69, 9.17) is 16.1 Å². The predicted octanol–water partition coefficient (Wildman–Crippen LogP) is 3.32. The van der Waals surface area contributed by atoms with Crippen molar-refractivity contribution in [1.82, 2.24) is 25.7 Å². The molecule has 0 amide bonds. The molecule has 0 atom stereocenters. The number of nitrogens with one attached hydrogen (secondary N) is 2. The van der Waals surface area contributed by atoms with Crippen molar-refractivity contribution in [3.8, 4) is 11.4 Å². The lowest BCUT2D eigenvalue weighted by Gasteiger charge is -2.32. The van der Waals surface area contributed by atoms with Crippen LogP contribution in [0.4, 0.5) is 0 Å². The van der Waals surface area contributed by atoms with Crippen molar-refractivity contribution in [2.24, 2.45) is 4.99 Å². The number of rotatable bonds is 7. The van der Waals surface area contributed by atoms with Gasteiger partial charge in [-0.1, -0.05) is 42.2 Å². The number of aliphatic imine (C=N–C) groups is 1. The smallest absolute Gasteiger partial charge is 0.246 e. The molecule has 0 bridgehead atoms. The molecule has 0 aliphatic carbocycles. The van der Waals surface area contributed by atoms with E-state index in [-0.39, 0.29) is 0 Å². The molecular weight excluding hydrogens is 376 g/mol. The number of hydrogen-bond acceptors (Lipinski definition) is 5. The fourth-order valence-electron chi connectivity index (χ4n) is 3.30. The molecule has 1 fully saturated rings. The van der Waals surface area contributed by atoms with Crippen LogP contribution in [0.1, 0.15) is 38.5 Å². The first-order valence-corrected chi connectivity index (χ1v) is 10.3. The molecule has 0 radical (unpaired) electrons. The van der Waals surface area contributed by atoms with Crippen LogP contribution >= 0.6 is 11.6 Å². The molecular formula is C20H29ClN6O. The van der Waals surface area contributed by atoms with Crippen molar-refractivity contribution in [3.05, 3.63) is 35.2 Å². The van der Waals surface area contributed by atoms with E-state index in [1.165, 1.54) is 19.4 Å². The van der Waals surface area contributed by atoms with E-state index < -0.39 is 0 Å². The average Bonchev–Trinajstić information content (AvgIpc) is 3.19. The first kappa shape index (κ1) is 20.6. The molecule has 2 aromatic rings. The van der Waals surface area contributed by atoms with Gasteiger partial charge < -0.3 is 20.1 Å². The summed E-state index contributed by atoms with van der Waals surface area (Å²) >= 11 is 6.02. The van der Waals surface area contributed by atoms with Crippen molar-refractivity contribution in [2.75, 3.05) is 26.7 Å². The molecule has 7 nitrogen and oxygen atoms in total. The summed E-state index contributed by atoms with van der Waals surface area (Å²) < 4.78 is 5.34. The second-order valence-electron chi connectivity index (χ2n) is 7.06. The Morgan fingerprint density at radius 1 is 1.36 bits per heavy atom. The van der Waals surface area contributed by atoms with Crippen LogP contribution in [0, 0.1) is 0 Å². The standard InChI is InChI=1S/C20H29ClN6O/c1-3-4-10-27-11-8-17(9-12-27)24-20(22-2)23-14-18-25-19(26-28-18)15-6-5-7-16(21)13-15/h5-7,13,17H,3-4,8-12,14H2,1-2H3,(H2,22,23,24). The normalized spacial score (nSPS) is 16.3. The van der Waals surface area contributed by atoms with Gasteiger partial charge in [0.05, 0.1) is 6.54 Å². The molecule has 0 spiro atoms. The van der Waals surface area contributed by atoms with Gasteiger partial charge in [0.2, 0.25) is 11.7 Å². The lowest BCUT2D eigenvalue weighted by atomic mass is 10.0. The summed E-state index contributed by atoms with van der Waals surface area (Å²) in [5.41, 5.74) is 0.833. The highest BCUT2D eigenvalue weighted by Crippen LogP contribution is 2.19.